The van der Waals surface area contributed by atoms with Crippen LogP contribution in [0.4, 0.5) is 0 Å². The third kappa shape index (κ3) is 7.25. The molecule has 0 radical (unpaired) electrons. The molecule has 0 aliphatic rings. The van der Waals surface area contributed by atoms with Gasteiger partial charge in [0.25, 0.3) is 0 Å². The van der Waals surface area contributed by atoms with E-state index in [2.05, 4.69) is 74.6 Å². The smallest absolute Gasteiger partial charge is 0.191 e. The fourth-order valence-corrected chi connectivity index (χ4v) is 2.83. The number of guanidine groups is 1. The summed E-state index contributed by atoms with van der Waals surface area (Å²) >= 11 is 0. The molecule has 0 amide bonds. The largest absolute Gasteiger partial charge is 0.357 e. The lowest BCUT2D eigenvalue weighted by atomic mass is 10.1. The lowest BCUT2D eigenvalue weighted by Crippen LogP contribution is -2.39. The number of rotatable bonds is 11. The van der Waals surface area contributed by atoms with Crippen LogP contribution in [0, 0.1) is 0 Å². The van der Waals surface area contributed by atoms with Crippen molar-refractivity contribution in [2.24, 2.45) is 4.99 Å². The van der Waals surface area contributed by atoms with Crippen LogP contribution in [0.15, 0.2) is 41.7 Å². The van der Waals surface area contributed by atoms with Crippen molar-refractivity contribution in [3.63, 3.8) is 0 Å². The second kappa shape index (κ2) is 12.1. The molecule has 0 bridgehead atoms. The van der Waals surface area contributed by atoms with Crippen molar-refractivity contribution >= 4 is 5.96 Å². The number of benzene rings is 1. The summed E-state index contributed by atoms with van der Waals surface area (Å²) in [6, 6.07) is 10.7. The Balaban J connectivity index is 1.64. The number of aliphatic imine (C=N–C) groups is 1. The Hall–Kier alpha value is -2.37. The molecule has 0 fully saturated rings. The quantitative estimate of drug-likeness (QED) is 0.369. The highest BCUT2D eigenvalue weighted by molar-refractivity contribution is 5.79. The van der Waals surface area contributed by atoms with Crippen molar-refractivity contribution in [2.45, 2.75) is 52.5 Å². The maximum Gasteiger partial charge on any atom is 0.191 e. The van der Waals surface area contributed by atoms with Gasteiger partial charge in [-0.1, -0.05) is 43.7 Å². The molecule has 26 heavy (non-hydrogen) atoms. The summed E-state index contributed by atoms with van der Waals surface area (Å²) in [7, 11) is 0. The Morgan fingerprint density at radius 2 is 1.92 bits per heavy atom. The molecule has 142 valence electrons. The molecule has 0 aliphatic heterocycles. The second-order valence-electron chi connectivity index (χ2n) is 6.28. The summed E-state index contributed by atoms with van der Waals surface area (Å²) in [6.07, 6.45) is 7.39. The van der Waals surface area contributed by atoms with E-state index in [0.29, 0.717) is 0 Å². The summed E-state index contributed by atoms with van der Waals surface area (Å²) in [5.41, 5.74) is 1.42. The lowest BCUT2D eigenvalue weighted by Gasteiger charge is -2.12. The Morgan fingerprint density at radius 1 is 1.08 bits per heavy atom. The summed E-state index contributed by atoms with van der Waals surface area (Å²) in [4.78, 5) is 4.67. The predicted molar refractivity (Wildman–Crippen MR) is 107 cm³/mol. The van der Waals surface area contributed by atoms with Crippen LogP contribution in [0.5, 0.6) is 0 Å². The Bertz CT molecular complexity index is 635. The summed E-state index contributed by atoms with van der Waals surface area (Å²) < 4.78 is 2.08. The highest BCUT2D eigenvalue weighted by Crippen LogP contribution is 2.06. The van der Waals surface area contributed by atoms with Crippen molar-refractivity contribution in [2.75, 3.05) is 19.6 Å². The van der Waals surface area contributed by atoms with E-state index in [9.17, 15) is 0 Å². The van der Waals surface area contributed by atoms with Gasteiger partial charge in [0.15, 0.2) is 5.96 Å². The number of nitrogens with one attached hydrogen (secondary N) is 2. The maximum atomic E-state index is 4.67. The van der Waals surface area contributed by atoms with Gasteiger partial charge in [0.05, 0.1) is 0 Å². The van der Waals surface area contributed by atoms with Crippen LogP contribution >= 0.6 is 0 Å². The van der Waals surface area contributed by atoms with Gasteiger partial charge in [-0.05, 0) is 31.7 Å². The molecule has 1 heterocycles. The van der Waals surface area contributed by atoms with E-state index in [1.807, 2.05) is 0 Å². The fourth-order valence-electron chi connectivity index (χ4n) is 2.83. The van der Waals surface area contributed by atoms with Crippen LogP contribution < -0.4 is 10.6 Å². The first-order valence-electron chi connectivity index (χ1n) is 9.76. The zero-order valence-electron chi connectivity index (χ0n) is 16.1. The SMILES string of the molecule is CCNC(=NCCCCCc1ccccc1)NCCn1cnnc1CC. The molecular formula is C20H32N6. The molecule has 2 rings (SSSR count). The van der Waals surface area contributed by atoms with Gasteiger partial charge < -0.3 is 15.2 Å². The minimum Gasteiger partial charge on any atom is -0.357 e. The van der Waals surface area contributed by atoms with Crippen LogP contribution in [-0.4, -0.2) is 40.4 Å². The first kappa shape index (κ1) is 19.9. The van der Waals surface area contributed by atoms with Crippen LogP contribution in [0.1, 0.15) is 44.5 Å². The van der Waals surface area contributed by atoms with Gasteiger partial charge in [0.1, 0.15) is 12.2 Å². The minimum absolute atomic E-state index is 0.810. The highest BCUT2D eigenvalue weighted by atomic mass is 15.3. The Kier molecular flexibility index (Phi) is 9.25. The number of hydrogen-bond acceptors (Lipinski definition) is 3. The average molecular weight is 357 g/mol. The van der Waals surface area contributed by atoms with E-state index in [1.165, 1.54) is 18.4 Å². The molecule has 0 saturated carbocycles. The monoisotopic (exact) mass is 356 g/mol. The van der Waals surface area contributed by atoms with Crippen molar-refractivity contribution in [1.82, 2.24) is 25.4 Å². The minimum atomic E-state index is 0.810. The van der Waals surface area contributed by atoms with Gasteiger partial charge in [-0.2, -0.15) is 0 Å². The van der Waals surface area contributed by atoms with E-state index < -0.39 is 0 Å². The predicted octanol–water partition coefficient (Wildman–Crippen LogP) is 2.81. The number of nitrogens with zero attached hydrogens (tertiary/aromatic N) is 4. The van der Waals surface area contributed by atoms with Gasteiger partial charge in [0.2, 0.25) is 0 Å². The molecule has 1 aromatic heterocycles. The third-order valence-corrected chi connectivity index (χ3v) is 4.24. The van der Waals surface area contributed by atoms with Gasteiger partial charge in [-0.15, -0.1) is 10.2 Å². The zero-order chi connectivity index (χ0) is 18.5. The van der Waals surface area contributed by atoms with E-state index in [-0.39, 0.29) is 0 Å². The van der Waals surface area contributed by atoms with Gasteiger partial charge in [0, 0.05) is 32.6 Å². The normalized spacial score (nSPS) is 11.5. The van der Waals surface area contributed by atoms with Gasteiger partial charge in [-0.25, -0.2) is 0 Å². The molecular weight excluding hydrogens is 324 g/mol. The number of hydrogen-bond donors (Lipinski definition) is 2. The molecule has 6 heteroatoms. The standard InChI is InChI=1S/C20H32N6/c1-3-19-25-24-17-26(19)16-15-23-20(21-4-2)22-14-10-6-9-13-18-11-7-5-8-12-18/h5,7-8,11-12,17H,3-4,6,9-10,13-16H2,1-2H3,(H2,21,22,23). The molecule has 6 nitrogen and oxygen atoms in total. The van der Waals surface area contributed by atoms with Crippen LogP contribution in [0.3, 0.4) is 0 Å². The summed E-state index contributed by atoms with van der Waals surface area (Å²) in [6.45, 7) is 7.56. The molecule has 1 aromatic carbocycles. The molecule has 0 spiro atoms. The molecule has 0 saturated heterocycles. The van der Waals surface area contributed by atoms with E-state index in [0.717, 1.165) is 57.2 Å². The fraction of sp³-hybridized carbons (Fsp3) is 0.550. The third-order valence-electron chi connectivity index (χ3n) is 4.24. The molecule has 0 unspecified atom stereocenters. The van der Waals surface area contributed by atoms with Crippen molar-refractivity contribution in [1.29, 1.82) is 0 Å². The van der Waals surface area contributed by atoms with Crippen LogP contribution in [-0.2, 0) is 19.4 Å². The van der Waals surface area contributed by atoms with Crippen molar-refractivity contribution < 1.29 is 0 Å². The number of aromatic nitrogens is 3. The number of unbranched alkanes of at least 4 members (excludes halogenated alkanes) is 2. The van der Waals surface area contributed by atoms with E-state index in [4.69, 9.17) is 0 Å². The lowest BCUT2D eigenvalue weighted by molar-refractivity contribution is 0.630. The van der Waals surface area contributed by atoms with E-state index >= 15 is 0 Å². The average Bonchev–Trinajstić information content (AvgIpc) is 3.13. The molecule has 0 atom stereocenters. The molecule has 0 aliphatic carbocycles. The van der Waals surface area contributed by atoms with Gasteiger partial charge in [-0.3, -0.25) is 4.99 Å². The Morgan fingerprint density at radius 3 is 2.69 bits per heavy atom. The number of aryl methyl sites for hydroxylation is 2. The second-order valence-corrected chi connectivity index (χ2v) is 6.28. The van der Waals surface area contributed by atoms with E-state index in [1.54, 1.807) is 6.33 Å². The maximum absolute atomic E-state index is 4.67. The first-order chi connectivity index (χ1) is 12.8. The summed E-state index contributed by atoms with van der Waals surface area (Å²) in [5.74, 6) is 1.91. The first-order valence-corrected chi connectivity index (χ1v) is 9.76. The van der Waals surface area contributed by atoms with Crippen LogP contribution in [0.2, 0.25) is 0 Å². The Labute approximate surface area is 157 Å². The molecule has 2 aromatic rings. The van der Waals surface area contributed by atoms with Gasteiger partial charge >= 0.3 is 0 Å². The van der Waals surface area contributed by atoms with Crippen LogP contribution in [0.25, 0.3) is 0 Å². The zero-order valence-corrected chi connectivity index (χ0v) is 16.1. The van der Waals surface area contributed by atoms with Crippen molar-refractivity contribution in [3.05, 3.63) is 48.0 Å². The topological polar surface area (TPSA) is 67.1 Å². The van der Waals surface area contributed by atoms with Crippen molar-refractivity contribution in [3.8, 4) is 0 Å². The molecule has 2 N–H and O–H groups in total. The highest BCUT2D eigenvalue weighted by Gasteiger charge is 2.02. The summed E-state index contributed by atoms with van der Waals surface area (Å²) in [5, 5.41) is 14.8.